The van der Waals surface area contributed by atoms with Crippen molar-refractivity contribution in [1.29, 1.82) is 0 Å². The number of quaternary nitrogens is 1. The molecule has 1 fully saturated rings. The number of nitrogens with zero attached hydrogens (tertiary/aromatic N) is 2. The second-order valence-corrected chi connectivity index (χ2v) is 6.93. The van der Waals surface area contributed by atoms with Crippen molar-refractivity contribution in [3.05, 3.63) is 35.9 Å². The molecule has 0 spiro atoms. The Bertz CT molecular complexity index is 536. The minimum atomic E-state index is -0.378. The lowest BCUT2D eigenvalue weighted by atomic mass is 9.73. The number of benzene rings is 1. The van der Waals surface area contributed by atoms with Gasteiger partial charge in [-0.1, -0.05) is 30.3 Å². The highest BCUT2D eigenvalue weighted by Gasteiger charge is 2.42. The van der Waals surface area contributed by atoms with E-state index >= 15 is 0 Å². The molecule has 1 aromatic carbocycles. The third-order valence-electron chi connectivity index (χ3n) is 5.40. The molecule has 1 amide bonds. The van der Waals surface area contributed by atoms with E-state index in [0.717, 1.165) is 55.4 Å². The molecule has 5 heteroatoms. The first-order valence-corrected chi connectivity index (χ1v) is 8.62. The van der Waals surface area contributed by atoms with Crippen molar-refractivity contribution < 1.29 is 38.0 Å². The van der Waals surface area contributed by atoms with Gasteiger partial charge in [0, 0.05) is 25.9 Å². The molecule has 1 aromatic rings. The monoisotopic (exact) mass is 444 g/mol. The lowest BCUT2D eigenvalue weighted by Gasteiger charge is -2.44. The second-order valence-electron chi connectivity index (χ2n) is 6.93. The summed E-state index contributed by atoms with van der Waals surface area (Å²) in [4.78, 5) is 26.1. The first kappa shape index (κ1) is 21.1. The molecule has 0 aliphatic carbocycles. The van der Waals surface area contributed by atoms with Gasteiger partial charge in [-0.05, 0) is 19.4 Å². The van der Waals surface area contributed by atoms with E-state index in [2.05, 4.69) is 7.05 Å². The number of carbonyl (C=O) groups is 2. The van der Waals surface area contributed by atoms with Crippen LogP contribution in [0, 0.1) is 0 Å². The van der Waals surface area contributed by atoms with Crippen LogP contribution < -0.4 is 24.0 Å². The van der Waals surface area contributed by atoms with Gasteiger partial charge in [0.05, 0.1) is 25.6 Å². The maximum atomic E-state index is 12.4. The quantitative estimate of drug-likeness (QED) is 0.329. The molecule has 24 heavy (non-hydrogen) atoms. The molecular weight excluding hydrogens is 415 g/mol. The van der Waals surface area contributed by atoms with Crippen LogP contribution in [0.15, 0.2) is 30.3 Å². The Kier molecular flexibility index (Phi) is 7.86. The third kappa shape index (κ3) is 4.57. The van der Waals surface area contributed by atoms with Gasteiger partial charge in [0.2, 0.25) is 0 Å². The van der Waals surface area contributed by atoms with E-state index in [4.69, 9.17) is 0 Å². The van der Waals surface area contributed by atoms with E-state index < -0.39 is 0 Å². The molecule has 1 aliphatic heterocycles. The molecular formula is C19H29IN2O2. The Labute approximate surface area is 162 Å². The Balaban J connectivity index is 0.00000288. The molecule has 0 saturated carbocycles. The van der Waals surface area contributed by atoms with E-state index in [0.29, 0.717) is 6.54 Å². The van der Waals surface area contributed by atoms with Crippen molar-refractivity contribution in [2.75, 3.05) is 39.8 Å². The van der Waals surface area contributed by atoms with Crippen molar-refractivity contribution >= 4 is 12.2 Å². The Morgan fingerprint density at radius 2 is 1.71 bits per heavy atom. The number of likely N-dealkylation sites (N-methyl/N-ethyl adjacent to an activating group) is 2. The summed E-state index contributed by atoms with van der Waals surface area (Å²) >= 11 is 0. The molecule has 0 atom stereocenters. The van der Waals surface area contributed by atoms with Crippen molar-refractivity contribution in [1.82, 2.24) is 4.90 Å². The number of aldehydes is 1. The van der Waals surface area contributed by atoms with E-state index in [1.165, 1.54) is 0 Å². The highest BCUT2D eigenvalue weighted by atomic mass is 127. The second kappa shape index (κ2) is 8.94. The molecule has 1 heterocycles. The van der Waals surface area contributed by atoms with Gasteiger partial charge in [0.1, 0.15) is 6.29 Å². The first-order chi connectivity index (χ1) is 11.0. The van der Waals surface area contributed by atoms with Crippen LogP contribution in [0.5, 0.6) is 0 Å². The van der Waals surface area contributed by atoms with Crippen LogP contribution in [0.2, 0.25) is 0 Å². The van der Waals surface area contributed by atoms with Crippen molar-refractivity contribution in [3.8, 4) is 0 Å². The topological polar surface area (TPSA) is 37.4 Å². The summed E-state index contributed by atoms with van der Waals surface area (Å²) in [5.74, 6) is 0.218. The Hall–Kier alpha value is -0.950. The van der Waals surface area contributed by atoms with Gasteiger partial charge in [-0.25, -0.2) is 0 Å². The molecule has 0 bridgehead atoms. The van der Waals surface area contributed by atoms with Gasteiger partial charge in [-0.3, -0.25) is 4.79 Å². The minimum Gasteiger partial charge on any atom is -1.00 e. The SMILES string of the molecule is CCN(CC)C(=O)C[N+]1(C)CCC(C=O)(c2ccccc2)CC1.[I-]. The van der Waals surface area contributed by atoms with Crippen LogP contribution in [0.25, 0.3) is 0 Å². The summed E-state index contributed by atoms with van der Waals surface area (Å²) in [5.41, 5.74) is 0.730. The van der Waals surface area contributed by atoms with Crippen LogP contribution in [0.4, 0.5) is 0 Å². The van der Waals surface area contributed by atoms with Crippen LogP contribution >= 0.6 is 0 Å². The summed E-state index contributed by atoms with van der Waals surface area (Å²) in [6.07, 6.45) is 2.74. The lowest BCUT2D eigenvalue weighted by molar-refractivity contribution is -0.907. The van der Waals surface area contributed by atoms with E-state index in [-0.39, 0.29) is 35.3 Å². The number of carbonyl (C=O) groups excluding carboxylic acids is 2. The largest absolute Gasteiger partial charge is 1.00 e. The Morgan fingerprint density at radius 3 is 2.17 bits per heavy atom. The first-order valence-electron chi connectivity index (χ1n) is 8.62. The van der Waals surface area contributed by atoms with Crippen LogP contribution in [-0.4, -0.2) is 61.3 Å². The summed E-state index contributed by atoms with van der Waals surface area (Å²) in [6, 6.07) is 10.1. The summed E-state index contributed by atoms with van der Waals surface area (Å²) in [7, 11) is 2.14. The molecule has 1 saturated heterocycles. The molecule has 4 nitrogen and oxygen atoms in total. The highest BCUT2D eigenvalue weighted by molar-refractivity contribution is 5.77. The summed E-state index contributed by atoms with van der Waals surface area (Å²) in [5, 5.41) is 0. The van der Waals surface area contributed by atoms with E-state index in [1.54, 1.807) is 0 Å². The normalized spacial score (nSPS) is 26.3. The maximum Gasteiger partial charge on any atom is 0.277 e. The van der Waals surface area contributed by atoms with E-state index in [9.17, 15) is 9.59 Å². The fourth-order valence-electron chi connectivity index (χ4n) is 3.58. The third-order valence-corrected chi connectivity index (χ3v) is 5.40. The average Bonchev–Trinajstić information content (AvgIpc) is 2.58. The molecule has 0 unspecified atom stereocenters. The van der Waals surface area contributed by atoms with Crippen molar-refractivity contribution in [2.45, 2.75) is 32.1 Å². The number of hydrogen-bond donors (Lipinski definition) is 0. The van der Waals surface area contributed by atoms with Crippen molar-refractivity contribution in [2.24, 2.45) is 0 Å². The van der Waals surface area contributed by atoms with Crippen molar-refractivity contribution in [3.63, 3.8) is 0 Å². The number of likely N-dealkylation sites (tertiary alicyclic amines) is 1. The molecule has 0 radical (unpaired) electrons. The standard InChI is InChI=1S/C19H29N2O2.HI/c1-4-20(5-2)18(23)15-21(3)13-11-19(16-22,12-14-21)17-9-7-6-8-10-17;/h6-10,16H,4-5,11-15H2,1-3H3;1H/q+1;/p-1. The van der Waals surface area contributed by atoms with Crippen LogP contribution in [-0.2, 0) is 15.0 Å². The van der Waals surface area contributed by atoms with Gasteiger partial charge < -0.3 is 38.2 Å². The van der Waals surface area contributed by atoms with Gasteiger partial charge in [0.25, 0.3) is 5.91 Å². The predicted molar refractivity (Wildman–Crippen MR) is 92.1 cm³/mol. The van der Waals surface area contributed by atoms with E-state index in [1.807, 2.05) is 49.1 Å². The zero-order chi connectivity index (χ0) is 16.9. The Morgan fingerprint density at radius 1 is 1.17 bits per heavy atom. The highest BCUT2D eigenvalue weighted by Crippen LogP contribution is 2.35. The smallest absolute Gasteiger partial charge is 0.277 e. The molecule has 0 aromatic heterocycles. The molecule has 1 aliphatic rings. The van der Waals surface area contributed by atoms with Gasteiger partial charge in [-0.2, -0.15) is 0 Å². The maximum absolute atomic E-state index is 12.4. The van der Waals surface area contributed by atoms with Gasteiger partial charge in [-0.15, -0.1) is 0 Å². The molecule has 0 N–H and O–H groups in total. The molecule has 134 valence electrons. The lowest BCUT2D eigenvalue weighted by Crippen LogP contribution is -3.00. The average molecular weight is 444 g/mol. The number of piperidine rings is 1. The fourth-order valence-corrected chi connectivity index (χ4v) is 3.58. The summed E-state index contributed by atoms with van der Waals surface area (Å²) < 4.78 is 0.734. The van der Waals surface area contributed by atoms with Gasteiger partial charge in [0.15, 0.2) is 6.54 Å². The number of halogens is 1. The number of amides is 1. The fraction of sp³-hybridized carbons (Fsp3) is 0.579. The summed E-state index contributed by atoms with van der Waals surface area (Å²) in [6.45, 7) is 7.82. The van der Waals surface area contributed by atoms with Crippen LogP contribution in [0.3, 0.4) is 0 Å². The zero-order valence-corrected chi connectivity index (χ0v) is 17.2. The van der Waals surface area contributed by atoms with Gasteiger partial charge >= 0.3 is 0 Å². The van der Waals surface area contributed by atoms with Crippen LogP contribution in [0.1, 0.15) is 32.3 Å². The number of rotatable bonds is 6. The number of hydrogen-bond acceptors (Lipinski definition) is 2. The minimum absolute atomic E-state index is 0. The predicted octanol–water partition coefficient (Wildman–Crippen LogP) is -0.764. The zero-order valence-electron chi connectivity index (χ0n) is 15.0. The molecule has 2 rings (SSSR count).